The first-order chi connectivity index (χ1) is 13.1. The number of anilines is 2. The van der Waals surface area contributed by atoms with Crippen molar-refractivity contribution in [3.05, 3.63) is 53.6 Å². The van der Waals surface area contributed by atoms with Crippen LogP contribution in [0.15, 0.2) is 41.3 Å². The Morgan fingerprint density at radius 3 is 2.21 bits per heavy atom. The number of hydrogen-bond acceptors (Lipinski definition) is 4. The third-order valence-corrected chi connectivity index (χ3v) is 6.26. The monoisotopic (exact) mass is 411 g/mol. The predicted molar refractivity (Wildman–Crippen MR) is 105 cm³/mol. The molecule has 152 valence electrons. The van der Waals surface area contributed by atoms with Crippen LogP contribution in [0.2, 0.25) is 0 Å². The van der Waals surface area contributed by atoms with Crippen LogP contribution in [0, 0.1) is 11.6 Å². The van der Waals surface area contributed by atoms with E-state index in [9.17, 15) is 22.0 Å². The molecule has 0 fully saturated rings. The molecule has 0 heterocycles. The Morgan fingerprint density at radius 2 is 1.68 bits per heavy atom. The maximum atomic E-state index is 13.9. The first kappa shape index (κ1) is 21.8. The van der Waals surface area contributed by atoms with Crippen LogP contribution in [-0.4, -0.2) is 45.8 Å². The lowest BCUT2D eigenvalue weighted by atomic mass is 10.1. The van der Waals surface area contributed by atoms with Gasteiger partial charge in [0.1, 0.15) is 11.6 Å². The summed E-state index contributed by atoms with van der Waals surface area (Å²) in [6, 6.07) is 6.98. The highest BCUT2D eigenvalue weighted by Crippen LogP contribution is 2.29. The maximum absolute atomic E-state index is 13.9. The Bertz CT molecular complexity index is 974. The molecule has 0 aliphatic heterocycles. The molecule has 0 spiro atoms. The molecule has 0 atom stereocenters. The Labute approximate surface area is 163 Å². The Kier molecular flexibility index (Phi) is 6.73. The third kappa shape index (κ3) is 4.48. The van der Waals surface area contributed by atoms with E-state index in [1.165, 1.54) is 16.4 Å². The van der Waals surface area contributed by atoms with Crippen molar-refractivity contribution in [3.63, 3.8) is 0 Å². The molecule has 2 aromatic rings. The lowest BCUT2D eigenvalue weighted by molar-refractivity contribution is 0.102. The lowest BCUT2D eigenvalue weighted by Gasteiger charge is -2.22. The molecule has 0 unspecified atom stereocenters. The molecule has 2 aromatic carbocycles. The van der Waals surface area contributed by atoms with E-state index in [2.05, 4.69) is 5.32 Å². The minimum absolute atomic E-state index is 0.0108. The molecular formula is C19H23F2N3O3S. The summed E-state index contributed by atoms with van der Waals surface area (Å²) in [5.41, 5.74) is 0.393. The first-order valence-electron chi connectivity index (χ1n) is 8.69. The topological polar surface area (TPSA) is 69.7 Å². The average molecular weight is 411 g/mol. The largest absolute Gasteiger partial charge is 0.376 e. The van der Waals surface area contributed by atoms with E-state index in [4.69, 9.17) is 0 Å². The van der Waals surface area contributed by atoms with Crippen molar-refractivity contribution in [2.75, 3.05) is 37.4 Å². The highest BCUT2D eigenvalue weighted by molar-refractivity contribution is 7.89. The zero-order chi connectivity index (χ0) is 21.1. The van der Waals surface area contributed by atoms with Crippen molar-refractivity contribution >= 4 is 27.3 Å². The number of rotatable bonds is 7. The molecular weight excluding hydrogens is 388 g/mol. The highest BCUT2D eigenvalue weighted by Gasteiger charge is 2.24. The van der Waals surface area contributed by atoms with Gasteiger partial charge in [0, 0.05) is 33.3 Å². The fourth-order valence-electron chi connectivity index (χ4n) is 2.74. The van der Waals surface area contributed by atoms with Crippen molar-refractivity contribution < 1.29 is 22.0 Å². The van der Waals surface area contributed by atoms with Crippen LogP contribution in [0.4, 0.5) is 20.2 Å². The molecule has 28 heavy (non-hydrogen) atoms. The number of carbonyl (C=O) groups excluding carboxylic acids is 1. The van der Waals surface area contributed by atoms with Gasteiger partial charge < -0.3 is 10.2 Å². The van der Waals surface area contributed by atoms with Crippen LogP contribution in [0.3, 0.4) is 0 Å². The summed E-state index contributed by atoms with van der Waals surface area (Å²) in [5, 5.41) is 2.53. The molecule has 0 radical (unpaired) electrons. The lowest BCUT2D eigenvalue weighted by Crippen LogP contribution is -2.30. The fraction of sp³-hybridized carbons (Fsp3) is 0.316. The van der Waals surface area contributed by atoms with E-state index < -0.39 is 27.6 Å². The molecule has 0 saturated heterocycles. The van der Waals surface area contributed by atoms with E-state index in [1.54, 1.807) is 38.9 Å². The molecule has 0 aliphatic rings. The number of amides is 1. The Balaban J connectivity index is 2.48. The van der Waals surface area contributed by atoms with Gasteiger partial charge in [-0.1, -0.05) is 13.8 Å². The van der Waals surface area contributed by atoms with E-state index in [0.717, 1.165) is 12.1 Å². The van der Waals surface area contributed by atoms with E-state index >= 15 is 0 Å². The van der Waals surface area contributed by atoms with Crippen LogP contribution in [-0.2, 0) is 10.0 Å². The minimum atomic E-state index is -3.74. The van der Waals surface area contributed by atoms with Crippen molar-refractivity contribution in [2.24, 2.45) is 0 Å². The normalized spacial score (nSPS) is 11.5. The van der Waals surface area contributed by atoms with Crippen molar-refractivity contribution in [3.8, 4) is 0 Å². The second kappa shape index (κ2) is 8.66. The van der Waals surface area contributed by atoms with Gasteiger partial charge in [0.25, 0.3) is 5.91 Å². The van der Waals surface area contributed by atoms with E-state index in [-0.39, 0.29) is 16.1 Å². The summed E-state index contributed by atoms with van der Waals surface area (Å²) < 4.78 is 53.8. The summed E-state index contributed by atoms with van der Waals surface area (Å²) in [6.45, 7) is 4.07. The van der Waals surface area contributed by atoms with Crippen LogP contribution in [0.5, 0.6) is 0 Å². The average Bonchev–Trinajstić information content (AvgIpc) is 2.62. The summed E-state index contributed by atoms with van der Waals surface area (Å²) >= 11 is 0. The summed E-state index contributed by atoms with van der Waals surface area (Å²) in [6.07, 6.45) is 0. The van der Waals surface area contributed by atoms with Crippen molar-refractivity contribution in [2.45, 2.75) is 18.7 Å². The van der Waals surface area contributed by atoms with Gasteiger partial charge in [-0.05, 0) is 30.3 Å². The van der Waals surface area contributed by atoms with E-state index in [1.807, 2.05) is 0 Å². The van der Waals surface area contributed by atoms with Gasteiger partial charge in [-0.3, -0.25) is 4.79 Å². The number of benzene rings is 2. The predicted octanol–water partition coefficient (Wildman–Crippen LogP) is 3.31. The molecule has 2 rings (SSSR count). The second-order valence-corrected chi connectivity index (χ2v) is 8.18. The van der Waals surface area contributed by atoms with Crippen LogP contribution >= 0.6 is 0 Å². The van der Waals surface area contributed by atoms with Crippen molar-refractivity contribution in [1.29, 1.82) is 0 Å². The molecule has 6 nitrogen and oxygen atoms in total. The molecule has 0 saturated carbocycles. The highest BCUT2D eigenvalue weighted by atomic mass is 32.2. The number of nitrogens with zero attached hydrogens (tertiary/aromatic N) is 2. The van der Waals surface area contributed by atoms with Gasteiger partial charge in [-0.25, -0.2) is 17.2 Å². The Hall–Kier alpha value is -2.52. The summed E-state index contributed by atoms with van der Waals surface area (Å²) in [4.78, 5) is 14.2. The SMILES string of the molecule is CCN(CC)S(=O)(=O)c1ccc(N(C)C)c(NC(=O)c2ccc(F)cc2F)c1. The standard InChI is InChI=1S/C19H23F2N3O3S/c1-5-24(6-2)28(26,27)14-8-10-18(23(3)4)17(12-14)22-19(25)15-9-7-13(20)11-16(15)21/h7-12H,5-6H2,1-4H3,(H,22,25). The van der Waals surface area contributed by atoms with Gasteiger partial charge in [0.05, 0.1) is 21.8 Å². The summed E-state index contributed by atoms with van der Waals surface area (Å²) in [7, 11) is -0.292. The zero-order valence-electron chi connectivity index (χ0n) is 16.2. The number of hydrogen-bond donors (Lipinski definition) is 1. The first-order valence-corrected chi connectivity index (χ1v) is 10.1. The van der Waals surface area contributed by atoms with E-state index in [0.29, 0.717) is 24.8 Å². The molecule has 9 heteroatoms. The molecule has 0 bridgehead atoms. The minimum Gasteiger partial charge on any atom is -0.376 e. The number of carbonyl (C=O) groups is 1. The Morgan fingerprint density at radius 1 is 1.04 bits per heavy atom. The quantitative estimate of drug-likeness (QED) is 0.759. The van der Waals surface area contributed by atoms with Gasteiger partial charge in [-0.2, -0.15) is 4.31 Å². The van der Waals surface area contributed by atoms with Gasteiger partial charge in [0.2, 0.25) is 10.0 Å². The van der Waals surface area contributed by atoms with Gasteiger partial charge in [0.15, 0.2) is 0 Å². The number of nitrogens with one attached hydrogen (secondary N) is 1. The number of sulfonamides is 1. The van der Waals surface area contributed by atoms with Crippen molar-refractivity contribution in [1.82, 2.24) is 4.31 Å². The summed E-state index contributed by atoms with van der Waals surface area (Å²) in [5.74, 6) is -2.61. The maximum Gasteiger partial charge on any atom is 0.258 e. The molecule has 0 aliphatic carbocycles. The fourth-order valence-corrected chi connectivity index (χ4v) is 4.23. The molecule has 0 aromatic heterocycles. The zero-order valence-corrected chi connectivity index (χ0v) is 17.0. The number of halogens is 2. The van der Waals surface area contributed by atoms with Gasteiger partial charge in [-0.15, -0.1) is 0 Å². The molecule has 1 N–H and O–H groups in total. The van der Waals surface area contributed by atoms with Crippen LogP contribution < -0.4 is 10.2 Å². The smallest absolute Gasteiger partial charge is 0.258 e. The van der Waals surface area contributed by atoms with Crippen LogP contribution in [0.25, 0.3) is 0 Å². The third-order valence-electron chi connectivity index (χ3n) is 4.22. The second-order valence-electron chi connectivity index (χ2n) is 6.24. The van der Waals surface area contributed by atoms with Crippen LogP contribution in [0.1, 0.15) is 24.2 Å². The molecule has 1 amide bonds. The van der Waals surface area contributed by atoms with Gasteiger partial charge >= 0.3 is 0 Å².